The van der Waals surface area contributed by atoms with Crippen molar-refractivity contribution in [2.24, 2.45) is 0 Å². The van der Waals surface area contributed by atoms with E-state index >= 15 is 0 Å². The van der Waals surface area contributed by atoms with Gasteiger partial charge in [-0.25, -0.2) is 4.98 Å². The van der Waals surface area contributed by atoms with Gasteiger partial charge in [-0.15, -0.1) is 0 Å². The molecule has 0 aliphatic rings. The number of hydrogen-bond donors (Lipinski definition) is 0. The van der Waals surface area contributed by atoms with Crippen molar-refractivity contribution >= 4 is 38.9 Å². The van der Waals surface area contributed by atoms with Gasteiger partial charge < -0.3 is 9.32 Å². The van der Waals surface area contributed by atoms with Crippen LogP contribution in [-0.4, -0.2) is 4.98 Å². The number of rotatable bonds is 8. The molecule has 0 fully saturated rings. The summed E-state index contributed by atoms with van der Waals surface area (Å²) in [5.41, 5.74) is 14.6. The summed E-state index contributed by atoms with van der Waals surface area (Å²) in [6.45, 7) is 0. The van der Waals surface area contributed by atoms with Gasteiger partial charge in [0.25, 0.3) is 0 Å². The maximum Gasteiger partial charge on any atom is 0.227 e. The van der Waals surface area contributed by atoms with E-state index in [9.17, 15) is 0 Å². The first-order valence-electron chi connectivity index (χ1n) is 19.0. The Morgan fingerprint density at radius 3 is 1.64 bits per heavy atom. The minimum absolute atomic E-state index is 0.608. The maximum atomic E-state index is 6.64. The van der Waals surface area contributed by atoms with Gasteiger partial charge in [0.05, 0.1) is 5.69 Å². The highest BCUT2D eigenvalue weighted by atomic mass is 16.3. The number of oxazole rings is 1. The summed E-state index contributed by atoms with van der Waals surface area (Å²) in [6.07, 6.45) is 0. The first-order valence-corrected chi connectivity index (χ1v) is 19.0. The zero-order valence-corrected chi connectivity index (χ0v) is 30.6. The van der Waals surface area contributed by atoms with E-state index in [1.165, 1.54) is 16.3 Å². The first kappa shape index (κ1) is 33.1. The van der Waals surface area contributed by atoms with Gasteiger partial charge in [-0.1, -0.05) is 164 Å². The molecule has 0 spiro atoms. The van der Waals surface area contributed by atoms with Crippen LogP contribution in [0.2, 0.25) is 0 Å². The average Bonchev–Trinajstić information content (AvgIpc) is 3.74. The molecule has 264 valence electrons. The van der Waals surface area contributed by atoms with Crippen LogP contribution in [0.4, 0.5) is 17.1 Å². The summed E-state index contributed by atoms with van der Waals surface area (Å²) < 4.78 is 6.64. The second-order valence-corrected chi connectivity index (χ2v) is 14.0. The van der Waals surface area contributed by atoms with E-state index < -0.39 is 0 Å². The predicted octanol–water partition coefficient (Wildman–Crippen LogP) is 14.8. The molecule has 1 heterocycles. The molecule has 0 amide bonds. The van der Waals surface area contributed by atoms with Crippen molar-refractivity contribution < 1.29 is 4.42 Å². The highest BCUT2D eigenvalue weighted by Crippen LogP contribution is 2.44. The first-order chi connectivity index (χ1) is 27.8. The standard InChI is InChI=1S/C53H36N2O/c1-4-16-38(17-5-1)47-25-12-13-26-50(47)55(46-24-14-23-43(36-46)44-28-27-37-15-10-11-22-42(37)35-44)45-31-29-40(30-32-45)49-34-33-48(39-18-6-2-7-19-39)51-52(49)56-53(54-51)41-20-8-3-9-21-41/h1-36H. The lowest BCUT2D eigenvalue weighted by Crippen LogP contribution is -2.11. The summed E-state index contributed by atoms with van der Waals surface area (Å²) in [4.78, 5) is 7.45. The highest BCUT2D eigenvalue weighted by molar-refractivity contribution is 6.01. The molecule has 0 saturated heterocycles. The zero-order chi connectivity index (χ0) is 37.3. The summed E-state index contributed by atoms with van der Waals surface area (Å²) in [5, 5.41) is 2.46. The molecule has 10 aromatic rings. The van der Waals surface area contributed by atoms with E-state index in [1.54, 1.807) is 0 Å². The number of nitrogens with zero attached hydrogens (tertiary/aromatic N) is 2. The Balaban J connectivity index is 1.11. The van der Waals surface area contributed by atoms with Crippen LogP contribution < -0.4 is 4.90 Å². The monoisotopic (exact) mass is 716 g/mol. The Bertz CT molecular complexity index is 2950. The SMILES string of the molecule is c1ccc(-c2nc3c(-c4ccccc4)ccc(-c4ccc(N(c5cccc(-c6ccc7ccccc7c6)c5)c5ccccc5-c5ccccc5)cc4)c3o2)cc1. The molecule has 0 aliphatic carbocycles. The third-order valence-electron chi connectivity index (χ3n) is 10.5. The Hall–Kier alpha value is -7.49. The van der Waals surface area contributed by atoms with Crippen molar-refractivity contribution in [1.82, 2.24) is 4.98 Å². The van der Waals surface area contributed by atoms with Crippen molar-refractivity contribution in [3.05, 3.63) is 218 Å². The Morgan fingerprint density at radius 2 is 0.893 bits per heavy atom. The fraction of sp³-hybridized carbons (Fsp3) is 0. The van der Waals surface area contributed by atoms with Gasteiger partial charge in [0.2, 0.25) is 5.89 Å². The Kier molecular flexibility index (Phi) is 8.51. The fourth-order valence-corrected chi connectivity index (χ4v) is 7.73. The van der Waals surface area contributed by atoms with E-state index in [1.807, 2.05) is 36.4 Å². The third-order valence-corrected chi connectivity index (χ3v) is 10.5. The minimum atomic E-state index is 0.608. The predicted molar refractivity (Wildman–Crippen MR) is 233 cm³/mol. The van der Waals surface area contributed by atoms with E-state index in [-0.39, 0.29) is 0 Å². The van der Waals surface area contributed by atoms with Crippen molar-refractivity contribution in [2.45, 2.75) is 0 Å². The summed E-state index contributed by atoms with van der Waals surface area (Å²) in [6, 6.07) is 77.0. The lowest BCUT2D eigenvalue weighted by molar-refractivity contribution is 0.621. The Morgan fingerprint density at radius 1 is 0.339 bits per heavy atom. The molecule has 3 nitrogen and oxygen atoms in total. The summed E-state index contributed by atoms with van der Waals surface area (Å²) >= 11 is 0. The van der Waals surface area contributed by atoms with Crippen LogP contribution in [0, 0.1) is 0 Å². The van der Waals surface area contributed by atoms with Crippen LogP contribution in [0.1, 0.15) is 0 Å². The third kappa shape index (κ3) is 6.21. The normalized spacial score (nSPS) is 11.2. The van der Waals surface area contributed by atoms with Crippen molar-refractivity contribution in [3.63, 3.8) is 0 Å². The molecule has 0 aliphatic heterocycles. The van der Waals surface area contributed by atoms with Gasteiger partial charge in [0.15, 0.2) is 5.58 Å². The van der Waals surface area contributed by atoms with Gasteiger partial charge in [0.1, 0.15) is 5.52 Å². The molecule has 0 N–H and O–H groups in total. The Labute approximate surface area is 326 Å². The topological polar surface area (TPSA) is 29.3 Å². The van der Waals surface area contributed by atoms with E-state index in [4.69, 9.17) is 9.40 Å². The molecule has 0 atom stereocenters. The van der Waals surface area contributed by atoms with E-state index in [0.29, 0.717) is 5.89 Å². The average molecular weight is 717 g/mol. The minimum Gasteiger partial charge on any atom is -0.435 e. The van der Waals surface area contributed by atoms with Gasteiger partial charge >= 0.3 is 0 Å². The lowest BCUT2D eigenvalue weighted by atomic mass is 9.97. The molecule has 0 bridgehead atoms. The molecule has 0 radical (unpaired) electrons. The van der Waals surface area contributed by atoms with Crippen LogP contribution >= 0.6 is 0 Å². The molecule has 0 unspecified atom stereocenters. The number of aromatic nitrogens is 1. The van der Waals surface area contributed by atoms with Gasteiger partial charge in [0, 0.05) is 33.6 Å². The van der Waals surface area contributed by atoms with Crippen LogP contribution in [-0.2, 0) is 0 Å². The number of hydrogen-bond acceptors (Lipinski definition) is 3. The summed E-state index contributed by atoms with van der Waals surface area (Å²) in [7, 11) is 0. The largest absolute Gasteiger partial charge is 0.435 e. The van der Waals surface area contributed by atoms with Crippen molar-refractivity contribution in [2.75, 3.05) is 4.90 Å². The second-order valence-electron chi connectivity index (χ2n) is 14.0. The van der Waals surface area contributed by atoms with Crippen molar-refractivity contribution in [1.29, 1.82) is 0 Å². The molecular formula is C53H36N2O. The van der Waals surface area contributed by atoms with Crippen LogP contribution in [0.25, 0.3) is 77.8 Å². The molecule has 9 aromatic carbocycles. The second kappa shape index (κ2) is 14.4. The van der Waals surface area contributed by atoms with Crippen molar-refractivity contribution in [3.8, 4) is 56.0 Å². The van der Waals surface area contributed by atoms with Gasteiger partial charge in [-0.2, -0.15) is 0 Å². The lowest BCUT2D eigenvalue weighted by Gasteiger charge is -2.28. The van der Waals surface area contributed by atoms with E-state index in [2.05, 4.69) is 187 Å². The van der Waals surface area contributed by atoms with Crippen LogP contribution in [0.15, 0.2) is 223 Å². The van der Waals surface area contributed by atoms with Crippen LogP contribution in [0.3, 0.4) is 0 Å². The number of benzene rings is 9. The quantitative estimate of drug-likeness (QED) is 0.157. The molecule has 3 heteroatoms. The fourth-order valence-electron chi connectivity index (χ4n) is 7.73. The van der Waals surface area contributed by atoms with Gasteiger partial charge in [-0.3, -0.25) is 0 Å². The highest BCUT2D eigenvalue weighted by Gasteiger charge is 2.20. The zero-order valence-electron chi connectivity index (χ0n) is 30.6. The molecule has 10 rings (SSSR count). The van der Waals surface area contributed by atoms with Gasteiger partial charge in [-0.05, 0) is 93.2 Å². The molecule has 56 heavy (non-hydrogen) atoms. The smallest absolute Gasteiger partial charge is 0.227 e. The number of para-hydroxylation sites is 1. The van der Waals surface area contributed by atoms with E-state index in [0.717, 1.165) is 72.7 Å². The molecule has 0 saturated carbocycles. The van der Waals surface area contributed by atoms with Crippen LogP contribution in [0.5, 0.6) is 0 Å². The number of fused-ring (bicyclic) bond motifs is 2. The summed E-state index contributed by atoms with van der Waals surface area (Å²) in [5.74, 6) is 0.608. The molecule has 1 aromatic heterocycles. The molecular weight excluding hydrogens is 681 g/mol. The maximum absolute atomic E-state index is 6.64. The number of anilines is 3.